The number of amides is 3. The van der Waals surface area contributed by atoms with Crippen molar-refractivity contribution in [3.8, 4) is 5.75 Å². The van der Waals surface area contributed by atoms with Crippen molar-refractivity contribution in [2.45, 2.75) is 0 Å². The molecule has 0 saturated carbocycles. The molecule has 0 atom stereocenters. The maximum absolute atomic E-state index is 11.6. The maximum Gasteiger partial charge on any atom is 0.319 e. The van der Waals surface area contributed by atoms with Gasteiger partial charge in [0.05, 0.1) is 6.21 Å². The van der Waals surface area contributed by atoms with Gasteiger partial charge in [0, 0.05) is 10.7 Å². The number of urea groups is 1. The molecule has 3 amide bonds. The van der Waals surface area contributed by atoms with Crippen molar-refractivity contribution >= 4 is 35.4 Å². The van der Waals surface area contributed by atoms with Crippen molar-refractivity contribution in [3.63, 3.8) is 0 Å². The topological polar surface area (TPSA) is 103 Å². The number of aromatic hydroxyl groups is 1. The molecule has 2 rings (SSSR count). The molecule has 4 N–H and O–H groups in total. The van der Waals surface area contributed by atoms with Gasteiger partial charge in [-0.25, -0.2) is 10.2 Å². The molecule has 2 aromatic carbocycles. The number of phenolic OH excluding ortho intramolecular Hbond substituents is 1. The lowest BCUT2D eigenvalue weighted by Crippen LogP contribution is -2.37. The van der Waals surface area contributed by atoms with E-state index in [1.54, 1.807) is 36.4 Å². The quantitative estimate of drug-likeness (QED) is 0.493. The van der Waals surface area contributed by atoms with Crippen molar-refractivity contribution in [2.75, 3.05) is 11.9 Å². The van der Waals surface area contributed by atoms with Gasteiger partial charge in [-0.05, 0) is 35.9 Å². The van der Waals surface area contributed by atoms with Crippen LogP contribution in [0.25, 0.3) is 0 Å². The molecule has 0 radical (unpaired) electrons. The van der Waals surface area contributed by atoms with Crippen molar-refractivity contribution < 1.29 is 14.7 Å². The summed E-state index contributed by atoms with van der Waals surface area (Å²) in [6.07, 6.45) is 1.38. The highest BCUT2D eigenvalue weighted by molar-refractivity contribution is 6.30. The smallest absolute Gasteiger partial charge is 0.319 e. The van der Waals surface area contributed by atoms with E-state index in [2.05, 4.69) is 21.2 Å². The van der Waals surface area contributed by atoms with Gasteiger partial charge in [-0.2, -0.15) is 5.10 Å². The fourth-order valence-corrected chi connectivity index (χ4v) is 1.92. The van der Waals surface area contributed by atoms with E-state index in [1.807, 2.05) is 0 Å². The minimum absolute atomic E-state index is 0.102. The number of hydrazone groups is 1. The third kappa shape index (κ3) is 5.98. The lowest BCUT2D eigenvalue weighted by atomic mass is 10.2. The third-order valence-corrected chi connectivity index (χ3v) is 3.00. The summed E-state index contributed by atoms with van der Waals surface area (Å²) in [5.74, 6) is -0.391. The number of benzene rings is 2. The number of nitrogens with one attached hydrogen (secondary N) is 3. The maximum atomic E-state index is 11.6. The zero-order chi connectivity index (χ0) is 17.4. The van der Waals surface area contributed by atoms with Crippen LogP contribution in [0.1, 0.15) is 5.56 Å². The van der Waals surface area contributed by atoms with Crippen LogP contribution in [0.4, 0.5) is 10.5 Å². The second-order valence-corrected chi connectivity index (χ2v) is 5.14. The van der Waals surface area contributed by atoms with Gasteiger partial charge in [-0.1, -0.05) is 29.8 Å². The van der Waals surface area contributed by atoms with Crippen molar-refractivity contribution in [1.82, 2.24) is 10.7 Å². The highest BCUT2D eigenvalue weighted by Crippen LogP contribution is 2.14. The van der Waals surface area contributed by atoms with Crippen LogP contribution in [-0.2, 0) is 4.79 Å². The van der Waals surface area contributed by atoms with Gasteiger partial charge in [0.25, 0.3) is 5.91 Å². The van der Waals surface area contributed by atoms with Crippen LogP contribution in [0.3, 0.4) is 0 Å². The first kappa shape index (κ1) is 17.3. The summed E-state index contributed by atoms with van der Waals surface area (Å²) in [6, 6.07) is 12.5. The standard InChI is InChI=1S/C16H15ClN4O3/c17-12-4-2-5-13(8-12)20-16(24)18-10-15(23)21-19-9-11-3-1-6-14(22)7-11/h1-9,22H,10H2,(H,21,23)(H2,18,20,24)/b19-9-. The number of carbonyl (C=O) groups is 2. The highest BCUT2D eigenvalue weighted by atomic mass is 35.5. The van der Waals surface area contributed by atoms with E-state index in [-0.39, 0.29) is 12.3 Å². The molecule has 24 heavy (non-hydrogen) atoms. The molecule has 0 aliphatic carbocycles. The third-order valence-electron chi connectivity index (χ3n) is 2.77. The summed E-state index contributed by atoms with van der Waals surface area (Å²) in [5, 5.41) is 18.5. The van der Waals surface area contributed by atoms with Crippen LogP contribution in [0, 0.1) is 0 Å². The molecule has 0 aliphatic rings. The minimum Gasteiger partial charge on any atom is -0.508 e. The predicted octanol–water partition coefficient (Wildman–Crippen LogP) is 2.32. The number of phenols is 1. The van der Waals surface area contributed by atoms with Gasteiger partial charge in [0.2, 0.25) is 0 Å². The second-order valence-electron chi connectivity index (χ2n) is 4.71. The number of nitrogens with zero attached hydrogens (tertiary/aromatic N) is 1. The van der Waals surface area contributed by atoms with Gasteiger partial charge in [0.15, 0.2) is 0 Å². The first-order chi connectivity index (χ1) is 11.5. The molecule has 2 aromatic rings. The molecule has 0 aliphatic heterocycles. The van der Waals surface area contributed by atoms with Crippen LogP contribution in [0.5, 0.6) is 5.75 Å². The lowest BCUT2D eigenvalue weighted by molar-refractivity contribution is -0.120. The molecular formula is C16H15ClN4O3. The normalized spacial score (nSPS) is 10.4. The van der Waals surface area contributed by atoms with Crippen LogP contribution < -0.4 is 16.1 Å². The molecule has 8 heteroatoms. The number of halogens is 1. The van der Waals surface area contributed by atoms with Crippen molar-refractivity contribution in [3.05, 3.63) is 59.1 Å². The number of hydrogen-bond donors (Lipinski definition) is 4. The highest BCUT2D eigenvalue weighted by Gasteiger charge is 2.05. The first-order valence-electron chi connectivity index (χ1n) is 6.94. The minimum atomic E-state index is -0.538. The zero-order valence-electron chi connectivity index (χ0n) is 12.5. The summed E-state index contributed by atoms with van der Waals surface area (Å²) < 4.78 is 0. The Morgan fingerprint density at radius 2 is 1.96 bits per heavy atom. The van der Waals surface area contributed by atoms with Crippen LogP contribution in [0.2, 0.25) is 5.02 Å². The summed E-state index contributed by atoms with van der Waals surface area (Å²) in [7, 11) is 0. The number of carbonyl (C=O) groups excluding carboxylic acids is 2. The molecule has 0 saturated heterocycles. The molecular weight excluding hydrogens is 332 g/mol. The summed E-state index contributed by atoms with van der Waals surface area (Å²) in [6.45, 7) is -0.246. The Balaban J connectivity index is 1.73. The Labute approximate surface area is 143 Å². The predicted molar refractivity (Wildman–Crippen MR) is 92.3 cm³/mol. The fraction of sp³-hybridized carbons (Fsp3) is 0.0625. The average Bonchev–Trinajstić information content (AvgIpc) is 2.53. The second kappa shape index (κ2) is 8.54. The monoisotopic (exact) mass is 346 g/mol. The van der Waals surface area contributed by atoms with Gasteiger partial charge < -0.3 is 15.7 Å². The molecule has 0 heterocycles. The van der Waals surface area contributed by atoms with Gasteiger partial charge in [-0.15, -0.1) is 0 Å². The Morgan fingerprint density at radius 1 is 1.17 bits per heavy atom. The van der Waals surface area contributed by atoms with Gasteiger partial charge in [0.1, 0.15) is 12.3 Å². The molecule has 0 fully saturated rings. The first-order valence-corrected chi connectivity index (χ1v) is 7.32. The molecule has 0 bridgehead atoms. The average molecular weight is 347 g/mol. The van der Waals surface area contributed by atoms with E-state index in [1.165, 1.54) is 18.3 Å². The SMILES string of the molecule is O=C(CNC(=O)Nc1cccc(Cl)c1)N/N=C\c1cccc(O)c1. The van der Waals surface area contributed by atoms with Crippen LogP contribution >= 0.6 is 11.6 Å². The van der Waals surface area contributed by atoms with E-state index >= 15 is 0 Å². The molecule has 0 spiro atoms. The Kier molecular flexibility index (Phi) is 6.16. The zero-order valence-corrected chi connectivity index (χ0v) is 13.2. The van der Waals surface area contributed by atoms with Crippen molar-refractivity contribution in [1.29, 1.82) is 0 Å². The Hall–Kier alpha value is -3.06. The summed E-state index contributed by atoms with van der Waals surface area (Å²) in [4.78, 5) is 23.2. The lowest BCUT2D eigenvalue weighted by Gasteiger charge is -2.07. The molecule has 7 nitrogen and oxygen atoms in total. The summed E-state index contributed by atoms with van der Waals surface area (Å²) >= 11 is 5.81. The van der Waals surface area contributed by atoms with E-state index in [9.17, 15) is 14.7 Å². The van der Waals surface area contributed by atoms with Gasteiger partial charge >= 0.3 is 6.03 Å². The van der Waals surface area contributed by atoms with E-state index in [0.29, 0.717) is 16.3 Å². The fourth-order valence-electron chi connectivity index (χ4n) is 1.73. The van der Waals surface area contributed by atoms with E-state index in [4.69, 9.17) is 11.6 Å². The largest absolute Gasteiger partial charge is 0.508 e. The van der Waals surface area contributed by atoms with Crippen LogP contribution in [0.15, 0.2) is 53.6 Å². The molecule has 124 valence electrons. The number of anilines is 1. The summed E-state index contributed by atoms with van der Waals surface area (Å²) in [5.41, 5.74) is 3.41. The molecule has 0 aromatic heterocycles. The number of hydrogen-bond acceptors (Lipinski definition) is 4. The van der Waals surface area contributed by atoms with E-state index < -0.39 is 11.9 Å². The Morgan fingerprint density at radius 3 is 2.71 bits per heavy atom. The van der Waals surface area contributed by atoms with Crippen molar-refractivity contribution in [2.24, 2.45) is 5.10 Å². The van der Waals surface area contributed by atoms with E-state index in [0.717, 1.165) is 0 Å². The van der Waals surface area contributed by atoms with Crippen LogP contribution in [-0.4, -0.2) is 29.8 Å². The Bertz CT molecular complexity index is 764. The van der Waals surface area contributed by atoms with Gasteiger partial charge in [-0.3, -0.25) is 4.79 Å². The molecule has 0 unspecified atom stereocenters. The number of rotatable bonds is 5.